The number of nitrogens with one attached hydrogen (secondary N) is 1. The number of likely N-dealkylation sites (N-methyl/N-ethyl adjacent to an activating group) is 1. The summed E-state index contributed by atoms with van der Waals surface area (Å²) < 4.78 is 0. The molecule has 6 nitrogen and oxygen atoms in total. The number of nitrogens with zero attached hydrogens (tertiary/aromatic N) is 4. The molecule has 0 unspecified atom stereocenters. The van der Waals surface area contributed by atoms with Gasteiger partial charge in [-0.25, -0.2) is 4.98 Å². The van der Waals surface area contributed by atoms with Crippen LogP contribution in [0.25, 0.3) is 22.3 Å². The Kier molecular flexibility index (Phi) is 6.12. The molecule has 6 heteroatoms. The van der Waals surface area contributed by atoms with Gasteiger partial charge in [0.25, 0.3) is 5.91 Å². The number of carbonyl (C=O) groups excluding carboxylic acids is 1. The summed E-state index contributed by atoms with van der Waals surface area (Å²) in [6.45, 7) is 6.13. The van der Waals surface area contributed by atoms with Crippen molar-refractivity contribution >= 4 is 16.8 Å². The quantitative estimate of drug-likeness (QED) is 0.657. The highest BCUT2D eigenvalue weighted by Gasteiger charge is 2.15. The molecule has 0 aliphatic carbocycles. The highest BCUT2D eigenvalue weighted by atomic mass is 16.1. The Hall–Kier alpha value is -2.83. The number of amides is 1. The SMILES string of the molecule is CN1CCN(CCCNC(=O)c2cc(-c3ccccn3)nc3ccccc23)CC1. The van der Waals surface area contributed by atoms with Gasteiger partial charge >= 0.3 is 0 Å². The average Bonchev–Trinajstić information content (AvgIpc) is 2.77. The number of rotatable bonds is 6. The predicted molar refractivity (Wildman–Crippen MR) is 116 cm³/mol. The van der Waals surface area contributed by atoms with Gasteiger partial charge in [0.05, 0.1) is 22.5 Å². The van der Waals surface area contributed by atoms with Gasteiger partial charge in [-0.3, -0.25) is 9.78 Å². The van der Waals surface area contributed by atoms with Gasteiger partial charge < -0.3 is 15.1 Å². The van der Waals surface area contributed by atoms with E-state index in [0.717, 1.165) is 55.7 Å². The third-order valence-electron chi connectivity index (χ3n) is 5.42. The fourth-order valence-electron chi connectivity index (χ4n) is 3.68. The molecule has 150 valence electrons. The second-order valence-corrected chi connectivity index (χ2v) is 7.54. The molecule has 2 aromatic heterocycles. The number of aromatic nitrogens is 2. The lowest BCUT2D eigenvalue weighted by Gasteiger charge is -2.32. The van der Waals surface area contributed by atoms with Crippen molar-refractivity contribution in [2.45, 2.75) is 6.42 Å². The Balaban J connectivity index is 1.45. The van der Waals surface area contributed by atoms with Crippen molar-refractivity contribution in [1.29, 1.82) is 0 Å². The lowest BCUT2D eigenvalue weighted by molar-refractivity contribution is 0.0951. The summed E-state index contributed by atoms with van der Waals surface area (Å²) in [5.74, 6) is -0.0563. The Morgan fingerprint density at radius 3 is 2.62 bits per heavy atom. The first-order valence-electron chi connectivity index (χ1n) is 10.2. The lowest BCUT2D eigenvalue weighted by atomic mass is 10.1. The molecule has 0 radical (unpaired) electrons. The Labute approximate surface area is 171 Å². The van der Waals surface area contributed by atoms with E-state index in [1.807, 2.05) is 48.5 Å². The van der Waals surface area contributed by atoms with E-state index in [1.54, 1.807) is 6.20 Å². The van der Waals surface area contributed by atoms with Crippen LogP contribution in [0.5, 0.6) is 0 Å². The molecule has 1 aliphatic rings. The Bertz CT molecular complexity index is 967. The number of para-hydroxylation sites is 1. The van der Waals surface area contributed by atoms with Crippen LogP contribution >= 0.6 is 0 Å². The van der Waals surface area contributed by atoms with Gasteiger partial charge in [0.2, 0.25) is 0 Å². The molecule has 4 rings (SSSR count). The third kappa shape index (κ3) is 4.78. The molecule has 0 saturated carbocycles. The van der Waals surface area contributed by atoms with Gasteiger partial charge in [-0.05, 0) is 44.3 Å². The molecule has 0 atom stereocenters. The predicted octanol–water partition coefficient (Wildman–Crippen LogP) is 2.66. The van der Waals surface area contributed by atoms with Crippen LogP contribution in [0.2, 0.25) is 0 Å². The van der Waals surface area contributed by atoms with Crippen LogP contribution in [0.15, 0.2) is 54.7 Å². The molecule has 0 bridgehead atoms. The number of fused-ring (bicyclic) bond motifs is 1. The number of benzene rings is 1. The molecule has 1 saturated heterocycles. The van der Waals surface area contributed by atoms with Gasteiger partial charge in [0.1, 0.15) is 0 Å². The summed E-state index contributed by atoms with van der Waals surface area (Å²) in [4.78, 5) is 26.9. The van der Waals surface area contributed by atoms with Crippen LogP contribution in [-0.2, 0) is 0 Å². The van der Waals surface area contributed by atoms with Crippen LogP contribution < -0.4 is 5.32 Å². The summed E-state index contributed by atoms with van der Waals surface area (Å²) in [5.41, 5.74) is 2.93. The molecule has 1 aliphatic heterocycles. The second-order valence-electron chi connectivity index (χ2n) is 7.54. The zero-order valence-corrected chi connectivity index (χ0v) is 16.8. The number of carbonyl (C=O) groups is 1. The maximum Gasteiger partial charge on any atom is 0.252 e. The lowest BCUT2D eigenvalue weighted by Crippen LogP contribution is -2.45. The van der Waals surface area contributed by atoms with Crippen LogP contribution in [0.1, 0.15) is 16.8 Å². The van der Waals surface area contributed by atoms with Crippen molar-refractivity contribution < 1.29 is 4.79 Å². The highest BCUT2D eigenvalue weighted by molar-refractivity contribution is 6.07. The van der Waals surface area contributed by atoms with Gasteiger partial charge in [-0.2, -0.15) is 0 Å². The van der Waals surface area contributed by atoms with Crippen LogP contribution in [0, 0.1) is 0 Å². The van der Waals surface area contributed by atoms with E-state index in [9.17, 15) is 4.79 Å². The third-order valence-corrected chi connectivity index (χ3v) is 5.42. The van der Waals surface area contributed by atoms with Crippen LogP contribution in [0.4, 0.5) is 0 Å². The Morgan fingerprint density at radius 1 is 1.03 bits per heavy atom. The fourth-order valence-corrected chi connectivity index (χ4v) is 3.68. The van der Waals surface area contributed by atoms with Crippen LogP contribution in [0.3, 0.4) is 0 Å². The largest absolute Gasteiger partial charge is 0.352 e. The highest BCUT2D eigenvalue weighted by Crippen LogP contribution is 2.23. The second kappa shape index (κ2) is 9.11. The summed E-state index contributed by atoms with van der Waals surface area (Å²) in [7, 11) is 2.16. The van der Waals surface area contributed by atoms with E-state index in [1.165, 1.54) is 0 Å². The van der Waals surface area contributed by atoms with Gasteiger partial charge in [-0.15, -0.1) is 0 Å². The number of hydrogen-bond acceptors (Lipinski definition) is 5. The van der Waals surface area contributed by atoms with Crippen molar-refractivity contribution in [2.75, 3.05) is 46.3 Å². The molecular weight excluding hydrogens is 362 g/mol. The summed E-state index contributed by atoms with van der Waals surface area (Å²) in [6.07, 6.45) is 2.69. The van der Waals surface area contributed by atoms with E-state index in [-0.39, 0.29) is 5.91 Å². The van der Waals surface area contributed by atoms with Crippen molar-refractivity contribution in [3.63, 3.8) is 0 Å². The van der Waals surface area contributed by atoms with E-state index in [4.69, 9.17) is 4.98 Å². The minimum Gasteiger partial charge on any atom is -0.352 e. The minimum atomic E-state index is -0.0563. The molecule has 29 heavy (non-hydrogen) atoms. The van der Waals surface area contributed by atoms with Crippen molar-refractivity contribution in [1.82, 2.24) is 25.1 Å². The first-order valence-corrected chi connectivity index (χ1v) is 10.2. The normalized spacial score (nSPS) is 15.5. The standard InChI is InChI=1S/C23H27N5O/c1-27-13-15-28(16-14-27)12-6-11-25-23(29)19-17-22(21-9-4-5-10-24-21)26-20-8-3-2-7-18(19)20/h2-5,7-10,17H,6,11-16H2,1H3,(H,25,29). The molecular formula is C23H27N5O. The number of hydrogen-bond donors (Lipinski definition) is 1. The first kappa shape index (κ1) is 19.5. The van der Waals surface area contributed by atoms with Crippen molar-refractivity contribution in [3.05, 3.63) is 60.3 Å². The van der Waals surface area contributed by atoms with Gasteiger partial charge in [0, 0.05) is 44.3 Å². The summed E-state index contributed by atoms with van der Waals surface area (Å²) in [5, 5.41) is 3.96. The van der Waals surface area contributed by atoms with Crippen molar-refractivity contribution in [2.24, 2.45) is 0 Å². The number of piperazine rings is 1. The molecule has 3 aromatic rings. The van der Waals surface area contributed by atoms with Gasteiger partial charge in [-0.1, -0.05) is 24.3 Å². The molecule has 3 heterocycles. The molecule has 1 aromatic carbocycles. The molecule has 0 spiro atoms. The molecule has 1 N–H and O–H groups in total. The van der Waals surface area contributed by atoms with E-state index >= 15 is 0 Å². The first-order chi connectivity index (χ1) is 14.2. The molecule has 1 amide bonds. The zero-order chi connectivity index (χ0) is 20.1. The van der Waals surface area contributed by atoms with E-state index in [0.29, 0.717) is 17.8 Å². The maximum absolute atomic E-state index is 13.0. The van der Waals surface area contributed by atoms with E-state index in [2.05, 4.69) is 27.1 Å². The van der Waals surface area contributed by atoms with Gasteiger partial charge in [0.15, 0.2) is 0 Å². The minimum absolute atomic E-state index is 0.0563. The van der Waals surface area contributed by atoms with Crippen molar-refractivity contribution in [3.8, 4) is 11.4 Å². The van der Waals surface area contributed by atoms with E-state index < -0.39 is 0 Å². The number of pyridine rings is 2. The molecule has 1 fully saturated rings. The van der Waals surface area contributed by atoms with Crippen LogP contribution in [-0.4, -0.2) is 72.0 Å². The Morgan fingerprint density at radius 2 is 1.83 bits per heavy atom. The maximum atomic E-state index is 13.0. The summed E-state index contributed by atoms with van der Waals surface area (Å²) >= 11 is 0. The smallest absolute Gasteiger partial charge is 0.252 e. The topological polar surface area (TPSA) is 61.4 Å². The average molecular weight is 390 g/mol. The fraction of sp³-hybridized carbons (Fsp3) is 0.348. The monoisotopic (exact) mass is 389 g/mol. The summed E-state index contributed by atoms with van der Waals surface area (Å²) in [6, 6.07) is 15.3. The zero-order valence-electron chi connectivity index (χ0n) is 16.8.